The maximum absolute atomic E-state index is 12.9. The summed E-state index contributed by atoms with van der Waals surface area (Å²) < 4.78 is 5.96. The molecule has 7 heteroatoms. The van der Waals surface area contributed by atoms with Gasteiger partial charge in [-0.3, -0.25) is 19.7 Å². The van der Waals surface area contributed by atoms with E-state index in [0.29, 0.717) is 32.5 Å². The van der Waals surface area contributed by atoms with Crippen LogP contribution in [0.15, 0.2) is 67.1 Å². The van der Waals surface area contributed by atoms with Gasteiger partial charge in [0.2, 0.25) is 5.91 Å². The van der Waals surface area contributed by atoms with E-state index >= 15 is 0 Å². The average molecular weight is 458 g/mol. The van der Waals surface area contributed by atoms with E-state index in [1.54, 1.807) is 18.6 Å². The number of benzene rings is 2. The first-order valence-corrected chi connectivity index (χ1v) is 12.0. The number of amides is 1. The molecule has 0 atom stereocenters. The predicted molar refractivity (Wildman–Crippen MR) is 132 cm³/mol. The number of aromatic nitrogens is 2. The van der Waals surface area contributed by atoms with Crippen LogP contribution in [0.2, 0.25) is 0 Å². The van der Waals surface area contributed by atoms with Crippen molar-refractivity contribution in [2.45, 2.75) is 25.9 Å². The Balaban J connectivity index is 1.18. The quantitative estimate of drug-likeness (QED) is 0.567. The van der Waals surface area contributed by atoms with E-state index in [9.17, 15) is 4.79 Å². The lowest BCUT2D eigenvalue weighted by Gasteiger charge is -2.36. The molecule has 34 heavy (non-hydrogen) atoms. The van der Waals surface area contributed by atoms with Gasteiger partial charge in [-0.15, -0.1) is 0 Å². The molecule has 3 heterocycles. The van der Waals surface area contributed by atoms with E-state index in [-0.39, 0.29) is 5.91 Å². The lowest BCUT2D eigenvalue weighted by molar-refractivity contribution is -0.131. The number of aryl methyl sites for hydroxylation is 1. The zero-order chi connectivity index (χ0) is 23.2. The van der Waals surface area contributed by atoms with Gasteiger partial charge in [-0.05, 0) is 36.2 Å². The summed E-state index contributed by atoms with van der Waals surface area (Å²) in [6.07, 6.45) is 6.07. The molecular weight excluding hydrogens is 426 g/mol. The van der Waals surface area contributed by atoms with Gasteiger partial charge in [0.05, 0.1) is 12.2 Å². The third-order valence-electron chi connectivity index (χ3n) is 6.57. The number of carbonyl (C=O) groups is 1. The Hall–Kier alpha value is -3.45. The van der Waals surface area contributed by atoms with Gasteiger partial charge in [-0.2, -0.15) is 0 Å². The van der Waals surface area contributed by atoms with Crippen molar-refractivity contribution >= 4 is 11.6 Å². The first kappa shape index (κ1) is 22.3. The second-order valence-electron chi connectivity index (χ2n) is 8.90. The molecule has 0 saturated carbocycles. The van der Waals surface area contributed by atoms with Crippen LogP contribution in [0.1, 0.15) is 23.2 Å². The molecule has 0 aliphatic carbocycles. The van der Waals surface area contributed by atoms with E-state index in [0.717, 1.165) is 49.7 Å². The Morgan fingerprint density at radius 3 is 2.62 bits per heavy atom. The molecule has 3 aromatic rings. The second-order valence-corrected chi connectivity index (χ2v) is 8.90. The van der Waals surface area contributed by atoms with Crippen molar-refractivity contribution in [3.8, 4) is 5.75 Å². The van der Waals surface area contributed by atoms with Gasteiger partial charge < -0.3 is 14.5 Å². The van der Waals surface area contributed by atoms with E-state index in [1.807, 2.05) is 4.90 Å². The summed E-state index contributed by atoms with van der Waals surface area (Å²) in [6, 6.07) is 17.1. The summed E-state index contributed by atoms with van der Waals surface area (Å²) in [6.45, 7) is 6.76. The topological polar surface area (TPSA) is 61.8 Å². The largest absolute Gasteiger partial charge is 0.491 e. The summed E-state index contributed by atoms with van der Waals surface area (Å²) in [7, 11) is 0. The van der Waals surface area contributed by atoms with Crippen LogP contribution in [0.25, 0.3) is 0 Å². The average Bonchev–Trinajstić information content (AvgIpc) is 3.11. The Morgan fingerprint density at radius 1 is 0.971 bits per heavy atom. The SMILES string of the molecule is O=C(CCc1cnccn1)N1CCOc2ccc(CN3CCN(c4ccccc4)CC3)cc2C1. The van der Waals surface area contributed by atoms with Crippen LogP contribution in [0.5, 0.6) is 5.75 Å². The third-order valence-corrected chi connectivity index (χ3v) is 6.57. The predicted octanol–water partition coefficient (Wildman–Crippen LogP) is 3.15. The van der Waals surface area contributed by atoms with Crippen molar-refractivity contribution in [3.63, 3.8) is 0 Å². The molecule has 1 amide bonds. The second kappa shape index (κ2) is 10.7. The van der Waals surface area contributed by atoms with Crippen LogP contribution in [-0.4, -0.2) is 65.0 Å². The van der Waals surface area contributed by atoms with E-state index in [1.165, 1.54) is 11.3 Å². The smallest absolute Gasteiger partial charge is 0.223 e. The number of hydrogen-bond donors (Lipinski definition) is 0. The van der Waals surface area contributed by atoms with Crippen LogP contribution in [0.4, 0.5) is 5.69 Å². The van der Waals surface area contributed by atoms with Crippen LogP contribution in [-0.2, 0) is 24.3 Å². The van der Waals surface area contributed by atoms with Gasteiger partial charge in [-0.1, -0.05) is 24.3 Å². The van der Waals surface area contributed by atoms with Crippen molar-refractivity contribution < 1.29 is 9.53 Å². The number of hydrogen-bond acceptors (Lipinski definition) is 6. The van der Waals surface area contributed by atoms with E-state index in [2.05, 4.69) is 68.3 Å². The molecule has 0 radical (unpaired) electrons. The molecule has 0 unspecified atom stereocenters. The first-order chi connectivity index (χ1) is 16.7. The molecule has 2 aliphatic heterocycles. The standard InChI is InChI=1S/C27H31N5O2/c33-27(9-7-24-19-28-10-11-29-24)32-16-17-34-26-8-6-22(18-23(26)21-32)20-30-12-14-31(15-13-30)25-4-2-1-3-5-25/h1-6,8,10-11,18-19H,7,9,12-17,20-21H2. The van der Waals surface area contributed by atoms with Crippen LogP contribution in [0.3, 0.4) is 0 Å². The van der Waals surface area contributed by atoms with Crippen LogP contribution >= 0.6 is 0 Å². The number of rotatable bonds is 6. The highest BCUT2D eigenvalue weighted by Gasteiger charge is 2.22. The Morgan fingerprint density at radius 2 is 1.82 bits per heavy atom. The molecule has 2 aromatic carbocycles. The monoisotopic (exact) mass is 457 g/mol. The molecule has 1 aromatic heterocycles. The van der Waals surface area contributed by atoms with Gasteiger partial charge in [0.25, 0.3) is 0 Å². The van der Waals surface area contributed by atoms with Crippen LogP contribution in [0, 0.1) is 0 Å². The molecule has 0 N–H and O–H groups in total. The number of anilines is 1. The lowest BCUT2D eigenvalue weighted by Crippen LogP contribution is -2.45. The Kier molecular flexibility index (Phi) is 7.00. The number of para-hydroxylation sites is 1. The third kappa shape index (κ3) is 5.54. The number of piperazine rings is 1. The summed E-state index contributed by atoms with van der Waals surface area (Å²) >= 11 is 0. The fourth-order valence-corrected chi connectivity index (χ4v) is 4.67. The van der Waals surface area contributed by atoms with Crippen molar-refractivity contribution in [2.24, 2.45) is 0 Å². The van der Waals surface area contributed by atoms with Crippen molar-refractivity contribution in [1.29, 1.82) is 0 Å². The summed E-state index contributed by atoms with van der Waals surface area (Å²) in [4.78, 5) is 28.1. The van der Waals surface area contributed by atoms with Gasteiger partial charge in [-0.25, -0.2) is 0 Å². The molecule has 2 aliphatic rings. The zero-order valence-corrected chi connectivity index (χ0v) is 19.5. The fraction of sp³-hybridized carbons (Fsp3) is 0.370. The Bertz CT molecular complexity index is 1080. The summed E-state index contributed by atoms with van der Waals surface area (Å²) in [5, 5.41) is 0. The van der Waals surface area contributed by atoms with Gasteiger partial charge >= 0.3 is 0 Å². The van der Waals surface area contributed by atoms with E-state index in [4.69, 9.17) is 4.74 Å². The molecule has 5 rings (SSSR count). The highest BCUT2D eigenvalue weighted by Crippen LogP contribution is 2.26. The number of carbonyl (C=O) groups excluding carboxylic acids is 1. The zero-order valence-electron chi connectivity index (χ0n) is 19.5. The minimum Gasteiger partial charge on any atom is -0.491 e. The first-order valence-electron chi connectivity index (χ1n) is 12.0. The minimum atomic E-state index is 0.129. The highest BCUT2D eigenvalue weighted by atomic mass is 16.5. The van der Waals surface area contributed by atoms with Gasteiger partial charge in [0.15, 0.2) is 0 Å². The molecular formula is C27H31N5O2. The summed E-state index contributed by atoms with van der Waals surface area (Å²) in [5.74, 6) is 1.02. The normalized spacial score (nSPS) is 16.5. The molecule has 1 fully saturated rings. The number of nitrogens with zero attached hydrogens (tertiary/aromatic N) is 5. The molecule has 7 nitrogen and oxygen atoms in total. The van der Waals surface area contributed by atoms with Crippen molar-refractivity contribution in [2.75, 3.05) is 44.2 Å². The molecule has 0 bridgehead atoms. The molecule has 176 valence electrons. The van der Waals surface area contributed by atoms with E-state index < -0.39 is 0 Å². The molecule has 0 spiro atoms. The van der Waals surface area contributed by atoms with Gasteiger partial charge in [0, 0.05) is 75.5 Å². The summed E-state index contributed by atoms with van der Waals surface area (Å²) in [5.41, 5.74) is 4.50. The van der Waals surface area contributed by atoms with Crippen molar-refractivity contribution in [3.05, 3.63) is 83.9 Å². The van der Waals surface area contributed by atoms with Gasteiger partial charge in [0.1, 0.15) is 12.4 Å². The van der Waals surface area contributed by atoms with Crippen molar-refractivity contribution in [1.82, 2.24) is 19.8 Å². The van der Waals surface area contributed by atoms with Crippen LogP contribution < -0.4 is 9.64 Å². The lowest BCUT2D eigenvalue weighted by atomic mass is 10.1. The highest BCUT2D eigenvalue weighted by molar-refractivity contribution is 5.76. The molecule has 1 saturated heterocycles. The maximum Gasteiger partial charge on any atom is 0.223 e. The minimum absolute atomic E-state index is 0.129. The maximum atomic E-state index is 12.9. The Labute approximate surface area is 201 Å². The number of ether oxygens (including phenoxy) is 1. The fourth-order valence-electron chi connectivity index (χ4n) is 4.67. The number of fused-ring (bicyclic) bond motifs is 1.